The molecule has 16 heavy (non-hydrogen) atoms. The van der Waals surface area contributed by atoms with Crippen molar-refractivity contribution in [3.63, 3.8) is 0 Å². The summed E-state index contributed by atoms with van der Waals surface area (Å²) in [4.78, 5) is 0. The van der Waals surface area contributed by atoms with Crippen molar-refractivity contribution in [2.75, 3.05) is 0 Å². The van der Waals surface area contributed by atoms with Crippen molar-refractivity contribution in [1.29, 1.82) is 5.26 Å². The molecule has 1 aliphatic rings. The van der Waals surface area contributed by atoms with Crippen LogP contribution in [-0.2, 0) is 6.42 Å². The molecule has 0 amide bonds. The lowest BCUT2D eigenvalue weighted by Crippen LogP contribution is -2.07. The number of benzene rings is 1. The second-order valence-electron chi connectivity index (χ2n) is 5.31. The Hall–Kier alpha value is -1.29. The highest BCUT2D eigenvalue weighted by molar-refractivity contribution is 5.45. The fourth-order valence-corrected chi connectivity index (χ4v) is 2.38. The Morgan fingerprint density at radius 3 is 2.00 bits per heavy atom. The molecule has 1 nitrogen and oxygen atoms in total. The van der Waals surface area contributed by atoms with Gasteiger partial charge in [0.2, 0.25) is 0 Å². The molecule has 1 heteroatoms. The average Bonchev–Trinajstić information content (AvgIpc) is 3.02. The van der Waals surface area contributed by atoms with Gasteiger partial charge in [-0.3, -0.25) is 0 Å². The molecule has 1 saturated carbocycles. The van der Waals surface area contributed by atoms with E-state index >= 15 is 0 Å². The third kappa shape index (κ3) is 1.73. The predicted octanol–water partition coefficient (Wildman–Crippen LogP) is 3.77. The van der Waals surface area contributed by atoms with Gasteiger partial charge < -0.3 is 0 Å². The van der Waals surface area contributed by atoms with E-state index in [9.17, 15) is 5.26 Å². The SMILES string of the molecule is Cc1cc(C)c(C)c(CC2(C#N)CC2)c1C. The van der Waals surface area contributed by atoms with Crippen LogP contribution in [0.3, 0.4) is 0 Å². The zero-order valence-corrected chi connectivity index (χ0v) is 10.6. The Morgan fingerprint density at radius 1 is 1.12 bits per heavy atom. The topological polar surface area (TPSA) is 23.8 Å². The second-order valence-corrected chi connectivity index (χ2v) is 5.31. The number of hydrogen-bond acceptors (Lipinski definition) is 1. The molecule has 0 saturated heterocycles. The maximum Gasteiger partial charge on any atom is 0.0693 e. The van der Waals surface area contributed by atoms with E-state index in [1.807, 2.05) is 0 Å². The largest absolute Gasteiger partial charge is 0.198 e. The first-order chi connectivity index (χ1) is 7.49. The second kappa shape index (κ2) is 3.63. The molecule has 0 aliphatic heterocycles. The van der Waals surface area contributed by atoms with E-state index in [4.69, 9.17) is 0 Å². The standard InChI is InChI=1S/C15H19N/c1-10-7-11(2)13(4)14(12(10)3)8-15(9-16)5-6-15/h7H,5-6,8H2,1-4H3. The third-order valence-electron chi connectivity index (χ3n) is 4.13. The molecule has 0 N–H and O–H groups in total. The first kappa shape index (κ1) is 11.2. The lowest BCUT2D eigenvalue weighted by molar-refractivity contribution is 0.658. The molecule has 1 fully saturated rings. The van der Waals surface area contributed by atoms with Gasteiger partial charge in [0.25, 0.3) is 0 Å². The summed E-state index contributed by atoms with van der Waals surface area (Å²) in [6.45, 7) is 8.70. The summed E-state index contributed by atoms with van der Waals surface area (Å²) >= 11 is 0. The zero-order valence-electron chi connectivity index (χ0n) is 10.6. The average molecular weight is 213 g/mol. The van der Waals surface area contributed by atoms with Crippen molar-refractivity contribution in [2.24, 2.45) is 5.41 Å². The van der Waals surface area contributed by atoms with Crippen LogP contribution in [0.1, 0.15) is 40.7 Å². The van der Waals surface area contributed by atoms with Crippen LogP contribution in [0.25, 0.3) is 0 Å². The minimum absolute atomic E-state index is 0.0320. The Labute approximate surface area is 98.1 Å². The van der Waals surface area contributed by atoms with E-state index in [0.29, 0.717) is 0 Å². The molecular weight excluding hydrogens is 194 g/mol. The van der Waals surface area contributed by atoms with E-state index in [2.05, 4.69) is 39.8 Å². The Morgan fingerprint density at radius 2 is 1.62 bits per heavy atom. The van der Waals surface area contributed by atoms with Crippen molar-refractivity contribution >= 4 is 0 Å². The van der Waals surface area contributed by atoms with Crippen LogP contribution in [0.15, 0.2) is 6.07 Å². The van der Waals surface area contributed by atoms with Crippen LogP contribution >= 0.6 is 0 Å². The summed E-state index contributed by atoms with van der Waals surface area (Å²) < 4.78 is 0. The molecule has 0 radical (unpaired) electrons. The highest BCUT2D eigenvalue weighted by Gasteiger charge is 2.43. The van der Waals surface area contributed by atoms with E-state index in [0.717, 1.165) is 19.3 Å². The summed E-state index contributed by atoms with van der Waals surface area (Å²) in [5.41, 5.74) is 6.85. The van der Waals surface area contributed by atoms with Crippen LogP contribution < -0.4 is 0 Å². The highest BCUT2D eigenvalue weighted by Crippen LogP contribution is 2.48. The molecule has 2 rings (SSSR count). The fraction of sp³-hybridized carbons (Fsp3) is 0.533. The van der Waals surface area contributed by atoms with Crippen molar-refractivity contribution in [1.82, 2.24) is 0 Å². The molecule has 84 valence electrons. The molecule has 1 aliphatic carbocycles. The van der Waals surface area contributed by atoms with Gasteiger partial charge in [-0.25, -0.2) is 0 Å². The van der Waals surface area contributed by atoms with Gasteiger partial charge >= 0.3 is 0 Å². The fourth-order valence-electron chi connectivity index (χ4n) is 2.38. The summed E-state index contributed by atoms with van der Waals surface area (Å²) in [5.74, 6) is 0. The van der Waals surface area contributed by atoms with Crippen molar-refractivity contribution in [3.8, 4) is 6.07 Å². The van der Waals surface area contributed by atoms with Gasteiger partial charge in [0.1, 0.15) is 0 Å². The van der Waals surface area contributed by atoms with E-state index in [-0.39, 0.29) is 5.41 Å². The number of hydrogen-bond donors (Lipinski definition) is 0. The lowest BCUT2D eigenvalue weighted by Gasteiger charge is -2.17. The Kier molecular flexibility index (Phi) is 2.54. The molecule has 1 aromatic carbocycles. The summed E-state index contributed by atoms with van der Waals surface area (Å²) in [6, 6.07) is 4.74. The number of aryl methyl sites for hydroxylation is 2. The maximum absolute atomic E-state index is 9.19. The predicted molar refractivity (Wildman–Crippen MR) is 66.4 cm³/mol. The van der Waals surface area contributed by atoms with Crippen LogP contribution in [0.4, 0.5) is 0 Å². The molecule has 0 aromatic heterocycles. The van der Waals surface area contributed by atoms with Crippen molar-refractivity contribution < 1.29 is 0 Å². The normalized spacial score (nSPS) is 16.9. The smallest absolute Gasteiger partial charge is 0.0693 e. The van der Waals surface area contributed by atoms with Gasteiger partial charge in [-0.15, -0.1) is 0 Å². The van der Waals surface area contributed by atoms with Crippen LogP contribution in [0.5, 0.6) is 0 Å². The van der Waals surface area contributed by atoms with Gasteiger partial charge in [0.05, 0.1) is 11.5 Å². The van der Waals surface area contributed by atoms with Gasteiger partial charge in [-0.05, 0) is 74.8 Å². The summed E-state index contributed by atoms with van der Waals surface area (Å²) in [6.07, 6.45) is 3.11. The van der Waals surface area contributed by atoms with Crippen LogP contribution in [0.2, 0.25) is 0 Å². The van der Waals surface area contributed by atoms with E-state index in [1.54, 1.807) is 0 Å². The maximum atomic E-state index is 9.19. The highest BCUT2D eigenvalue weighted by atomic mass is 14.5. The third-order valence-corrected chi connectivity index (χ3v) is 4.13. The summed E-state index contributed by atoms with van der Waals surface area (Å²) in [7, 11) is 0. The molecule has 0 unspecified atom stereocenters. The minimum atomic E-state index is -0.0320. The van der Waals surface area contributed by atoms with E-state index < -0.39 is 0 Å². The molecular formula is C15H19N. The lowest BCUT2D eigenvalue weighted by atomic mass is 9.87. The quantitative estimate of drug-likeness (QED) is 0.733. The Bertz CT molecular complexity index is 447. The molecule has 1 aromatic rings. The Balaban J connectivity index is 2.44. The molecule has 0 bridgehead atoms. The first-order valence-corrected chi connectivity index (χ1v) is 5.97. The minimum Gasteiger partial charge on any atom is -0.198 e. The van der Waals surface area contributed by atoms with Gasteiger partial charge in [0.15, 0.2) is 0 Å². The zero-order chi connectivity index (χ0) is 11.9. The van der Waals surface area contributed by atoms with E-state index in [1.165, 1.54) is 27.8 Å². The first-order valence-electron chi connectivity index (χ1n) is 5.97. The summed E-state index contributed by atoms with van der Waals surface area (Å²) in [5, 5.41) is 9.19. The number of nitrogens with zero attached hydrogens (tertiary/aromatic N) is 1. The molecule has 0 atom stereocenters. The number of nitriles is 1. The monoisotopic (exact) mass is 213 g/mol. The molecule has 0 spiro atoms. The van der Waals surface area contributed by atoms with Gasteiger partial charge in [-0.1, -0.05) is 6.07 Å². The van der Waals surface area contributed by atoms with Gasteiger partial charge in [-0.2, -0.15) is 5.26 Å². The van der Waals surface area contributed by atoms with Crippen molar-refractivity contribution in [3.05, 3.63) is 33.9 Å². The van der Waals surface area contributed by atoms with Crippen LogP contribution in [0, 0.1) is 44.4 Å². The van der Waals surface area contributed by atoms with Crippen molar-refractivity contribution in [2.45, 2.75) is 47.0 Å². The number of rotatable bonds is 2. The van der Waals surface area contributed by atoms with Crippen LogP contribution in [-0.4, -0.2) is 0 Å². The molecule has 0 heterocycles. The van der Waals surface area contributed by atoms with Gasteiger partial charge in [0, 0.05) is 0 Å².